The Labute approximate surface area is 143 Å². The first-order chi connectivity index (χ1) is 11.6. The third-order valence-corrected chi connectivity index (χ3v) is 3.73. The number of benzene rings is 2. The molecular weight excluding hydrogens is 304 g/mol. The van der Waals surface area contributed by atoms with Crippen molar-refractivity contribution in [2.24, 2.45) is 0 Å². The molecule has 0 aliphatic rings. The van der Waals surface area contributed by atoms with Gasteiger partial charge in [-0.15, -0.1) is 0 Å². The molecular formula is C20H24O4. The van der Waals surface area contributed by atoms with Gasteiger partial charge in [0.2, 0.25) is 0 Å². The molecule has 0 unspecified atom stereocenters. The molecule has 0 N–H and O–H groups in total. The molecule has 0 aliphatic heterocycles. The minimum absolute atomic E-state index is 0.346. The van der Waals surface area contributed by atoms with Gasteiger partial charge in [0.1, 0.15) is 5.75 Å². The Kier molecular flexibility index (Phi) is 6.82. The monoisotopic (exact) mass is 328 g/mol. The fourth-order valence-corrected chi connectivity index (χ4v) is 2.35. The van der Waals surface area contributed by atoms with Gasteiger partial charge < -0.3 is 14.2 Å². The Bertz CT molecular complexity index is 662. The number of carbonyl (C=O) groups excluding carboxylic acids is 1. The Morgan fingerprint density at radius 1 is 1.00 bits per heavy atom. The summed E-state index contributed by atoms with van der Waals surface area (Å²) in [6.07, 6.45) is 0.809. The molecule has 0 radical (unpaired) electrons. The van der Waals surface area contributed by atoms with E-state index in [1.54, 1.807) is 24.3 Å². The van der Waals surface area contributed by atoms with Gasteiger partial charge in [-0.25, -0.2) is 4.79 Å². The first kappa shape index (κ1) is 18.0. The van der Waals surface area contributed by atoms with Crippen LogP contribution in [-0.2, 0) is 16.1 Å². The summed E-state index contributed by atoms with van der Waals surface area (Å²) in [7, 11) is 1.37. The number of carbonyl (C=O) groups is 1. The van der Waals surface area contributed by atoms with Gasteiger partial charge in [-0.3, -0.25) is 0 Å². The quantitative estimate of drug-likeness (QED) is 0.541. The van der Waals surface area contributed by atoms with Gasteiger partial charge in [0.25, 0.3) is 0 Å². The van der Waals surface area contributed by atoms with Crippen LogP contribution in [0.3, 0.4) is 0 Å². The van der Waals surface area contributed by atoms with Crippen LogP contribution in [0.25, 0.3) is 0 Å². The maximum atomic E-state index is 11.3. The van der Waals surface area contributed by atoms with Crippen LogP contribution in [0.15, 0.2) is 42.5 Å². The highest BCUT2D eigenvalue weighted by Gasteiger charge is 2.04. The predicted molar refractivity (Wildman–Crippen MR) is 93.5 cm³/mol. The van der Waals surface area contributed by atoms with Gasteiger partial charge in [0.05, 0.1) is 32.5 Å². The summed E-state index contributed by atoms with van der Waals surface area (Å²) in [6, 6.07) is 13.3. The Hall–Kier alpha value is -2.33. The second-order valence-electron chi connectivity index (χ2n) is 5.70. The van der Waals surface area contributed by atoms with Crippen LogP contribution < -0.4 is 4.74 Å². The van der Waals surface area contributed by atoms with E-state index >= 15 is 0 Å². The minimum atomic E-state index is -0.346. The topological polar surface area (TPSA) is 44.8 Å². The zero-order valence-electron chi connectivity index (χ0n) is 14.5. The molecule has 24 heavy (non-hydrogen) atoms. The summed E-state index contributed by atoms with van der Waals surface area (Å²) < 4.78 is 16.0. The standard InChI is InChI=1S/C20H24O4/c1-15-5-6-18(16(2)13-15)14-23-11-4-12-24-19-9-7-17(8-10-19)20(21)22-3/h5-10,13H,4,11-12,14H2,1-3H3. The molecule has 128 valence electrons. The van der Waals surface area contributed by atoms with E-state index in [2.05, 4.69) is 36.8 Å². The van der Waals surface area contributed by atoms with Crippen LogP contribution >= 0.6 is 0 Å². The van der Waals surface area contributed by atoms with Crippen molar-refractivity contribution >= 4 is 5.97 Å². The van der Waals surface area contributed by atoms with Crippen LogP contribution in [0.1, 0.15) is 33.5 Å². The summed E-state index contributed by atoms with van der Waals surface area (Å²) in [5, 5.41) is 0. The zero-order chi connectivity index (χ0) is 17.4. The highest BCUT2D eigenvalue weighted by Crippen LogP contribution is 2.14. The van der Waals surface area contributed by atoms with Gasteiger partial charge in [-0.05, 0) is 49.2 Å². The third-order valence-electron chi connectivity index (χ3n) is 3.73. The summed E-state index contributed by atoms with van der Waals surface area (Å²) in [5.41, 5.74) is 4.27. The predicted octanol–water partition coefficient (Wildman–Crippen LogP) is 4.08. The first-order valence-corrected chi connectivity index (χ1v) is 8.05. The van der Waals surface area contributed by atoms with Crippen LogP contribution in [0.5, 0.6) is 5.75 Å². The Balaban J connectivity index is 1.65. The lowest BCUT2D eigenvalue weighted by Crippen LogP contribution is -2.04. The average Bonchev–Trinajstić information content (AvgIpc) is 2.59. The van der Waals surface area contributed by atoms with Crippen molar-refractivity contribution < 1.29 is 19.0 Å². The molecule has 0 amide bonds. The van der Waals surface area contributed by atoms with Crippen molar-refractivity contribution in [1.29, 1.82) is 0 Å². The normalized spacial score (nSPS) is 10.5. The minimum Gasteiger partial charge on any atom is -0.494 e. The van der Waals surface area contributed by atoms with E-state index in [-0.39, 0.29) is 5.97 Å². The summed E-state index contributed by atoms with van der Waals surface area (Å²) in [6.45, 7) is 6.04. The molecule has 4 nitrogen and oxygen atoms in total. The highest BCUT2D eigenvalue weighted by atomic mass is 16.5. The van der Waals surface area contributed by atoms with Gasteiger partial charge in [-0.2, -0.15) is 0 Å². The molecule has 0 saturated carbocycles. The first-order valence-electron chi connectivity index (χ1n) is 8.05. The van der Waals surface area contributed by atoms with Crippen molar-refractivity contribution in [2.45, 2.75) is 26.9 Å². The maximum Gasteiger partial charge on any atom is 0.337 e. The van der Waals surface area contributed by atoms with Crippen molar-refractivity contribution in [2.75, 3.05) is 20.3 Å². The molecule has 0 bridgehead atoms. The highest BCUT2D eigenvalue weighted by molar-refractivity contribution is 5.89. The second kappa shape index (κ2) is 9.08. The van der Waals surface area contributed by atoms with Gasteiger partial charge >= 0.3 is 5.97 Å². The summed E-state index contributed by atoms with van der Waals surface area (Å²) >= 11 is 0. The van der Waals surface area contributed by atoms with Gasteiger partial charge in [0, 0.05) is 6.42 Å². The van der Waals surface area contributed by atoms with Crippen molar-refractivity contribution in [1.82, 2.24) is 0 Å². The van der Waals surface area contributed by atoms with Crippen molar-refractivity contribution in [3.05, 3.63) is 64.7 Å². The lowest BCUT2D eigenvalue weighted by molar-refractivity contribution is 0.0600. The van der Waals surface area contributed by atoms with Crippen molar-refractivity contribution in [3.63, 3.8) is 0 Å². The SMILES string of the molecule is COC(=O)c1ccc(OCCCOCc2ccc(C)cc2C)cc1. The molecule has 0 saturated heterocycles. The Morgan fingerprint density at radius 3 is 2.42 bits per heavy atom. The average molecular weight is 328 g/mol. The lowest BCUT2D eigenvalue weighted by atomic mass is 10.1. The smallest absolute Gasteiger partial charge is 0.337 e. The number of ether oxygens (including phenoxy) is 3. The van der Waals surface area contributed by atoms with E-state index in [4.69, 9.17) is 9.47 Å². The molecule has 0 fully saturated rings. The van der Waals surface area contributed by atoms with E-state index in [0.717, 1.165) is 12.2 Å². The van der Waals surface area contributed by atoms with E-state index in [9.17, 15) is 4.79 Å². The summed E-state index contributed by atoms with van der Waals surface area (Å²) in [4.78, 5) is 11.3. The van der Waals surface area contributed by atoms with Crippen LogP contribution in [-0.4, -0.2) is 26.3 Å². The van der Waals surface area contributed by atoms with E-state index < -0.39 is 0 Å². The molecule has 0 spiro atoms. The second-order valence-corrected chi connectivity index (χ2v) is 5.70. The molecule has 4 heteroatoms. The largest absolute Gasteiger partial charge is 0.494 e. The number of aryl methyl sites for hydroxylation is 2. The summed E-state index contributed by atoms with van der Waals surface area (Å²) in [5.74, 6) is 0.387. The molecule has 0 heterocycles. The number of rotatable bonds is 8. The molecule has 0 aliphatic carbocycles. The van der Waals surface area contributed by atoms with Crippen molar-refractivity contribution in [3.8, 4) is 5.75 Å². The van der Waals surface area contributed by atoms with Crippen LogP contribution in [0.4, 0.5) is 0 Å². The number of esters is 1. The molecule has 2 aromatic carbocycles. The lowest BCUT2D eigenvalue weighted by Gasteiger charge is -2.09. The van der Waals surface area contributed by atoms with E-state index in [1.165, 1.54) is 23.8 Å². The third kappa shape index (κ3) is 5.39. The molecule has 0 aromatic heterocycles. The maximum absolute atomic E-state index is 11.3. The van der Waals surface area contributed by atoms with E-state index in [0.29, 0.717) is 25.4 Å². The van der Waals surface area contributed by atoms with Gasteiger partial charge in [-0.1, -0.05) is 23.8 Å². The fraction of sp³-hybridized carbons (Fsp3) is 0.350. The number of hydrogen-bond donors (Lipinski definition) is 0. The molecule has 2 rings (SSSR count). The molecule has 0 atom stereocenters. The van der Waals surface area contributed by atoms with Gasteiger partial charge in [0.15, 0.2) is 0 Å². The zero-order valence-corrected chi connectivity index (χ0v) is 14.5. The fourth-order valence-electron chi connectivity index (χ4n) is 2.35. The van der Waals surface area contributed by atoms with Crippen LogP contribution in [0, 0.1) is 13.8 Å². The van der Waals surface area contributed by atoms with Crippen LogP contribution in [0.2, 0.25) is 0 Å². The van der Waals surface area contributed by atoms with E-state index in [1.807, 2.05) is 0 Å². The number of methoxy groups -OCH3 is 1. The molecule has 2 aromatic rings. The number of hydrogen-bond acceptors (Lipinski definition) is 4. The Morgan fingerprint density at radius 2 is 1.75 bits per heavy atom.